The number of aliphatic hydroxyl groups is 1. The van der Waals surface area contributed by atoms with Crippen LogP contribution in [0.4, 0.5) is 0 Å². The summed E-state index contributed by atoms with van der Waals surface area (Å²) in [4.78, 5) is 12.7. The van der Waals surface area contributed by atoms with Gasteiger partial charge in [-0.25, -0.2) is 0 Å². The average Bonchev–Trinajstić information content (AvgIpc) is 2.48. The number of piperidine rings is 1. The van der Waals surface area contributed by atoms with E-state index in [0.717, 1.165) is 37.0 Å². The van der Waals surface area contributed by atoms with Crippen LogP contribution >= 0.6 is 0 Å². The van der Waals surface area contributed by atoms with Crippen LogP contribution in [0, 0.1) is 17.3 Å². The summed E-state index contributed by atoms with van der Waals surface area (Å²) in [6, 6.07) is 7.60. The fraction of sp³-hybridized carbons (Fsp3) is 0.389. The fourth-order valence-corrected chi connectivity index (χ4v) is 2.60. The molecular weight excluding hydrogens is 262 g/mol. The van der Waals surface area contributed by atoms with Crippen LogP contribution < -0.4 is 0 Å². The lowest BCUT2D eigenvalue weighted by atomic mass is 9.79. The van der Waals surface area contributed by atoms with Gasteiger partial charge in [0.1, 0.15) is 0 Å². The smallest absolute Gasteiger partial charge is 0.209 e. The minimum Gasteiger partial charge on any atom is -0.392 e. The van der Waals surface area contributed by atoms with E-state index < -0.39 is 0 Å². The van der Waals surface area contributed by atoms with E-state index in [2.05, 4.69) is 25.7 Å². The number of amides is 1. The second kappa shape index (κ2) is 6.60. The molecule has 0 radical (unpaired) electrons. The lowest BCUT2D eigenvalue weighted by Gasteiger charge is -2.38. The molecule has 0 atom stereocenters. The molecule has 1 N–H and O–H groups in total. The SMILES string of the molecule is CC1(C)CN(C=O)CC/C1=C\C#Cc1cccc(CO)c1. The zero-order valence-electron chi connectivity index (χ0n) is 12.6. The first kappa shape index (κ1) is 15.3. The molecule has 1 aliphatic rings. The minimum absolute atomic E-state index is 0.0270. The highest BCUT2D eigenvalue weighted by Gasteiger charge is 2.29. The monoisotopic (exact) mass is 283 g/mol. The predicted molar refractivity (Wildman–Crippen MR) is 83.4 cm³/mol. The summed E-state index contributed by atoms with van der Waals surface area (Å²) < 4.78 is 0. The molecule has 0 unspecified atom stereocenters. The van der Waals surface area contributed by atoms with E-state index >= 15 is 0 Å². The van der Waals surface area contributed by atoms with Crippen molar-refractivity contribution in [2.45, 2.75) is 26.9 Å². The van der Waals surface area contributed by atoms with Gasteiger partial charge < -0.3 is 10.0 Å². The van der Waals surface area contributed by atoms with E-state index in [1.165, 1.54) is 5.57 Å². The number of hydrogen-bond acceptors (Lipinski definition) is 2. The highest BCUT2D eigenvalue weighted by Crippen LogP contribution is 2.33. The van der Waals surface area contributed by atoms with Crippen molar-refractivity contribution in [1.29, 1.82) is 0 Å². The van der Waals surface area contributed by atoms with Crippen molar-refractivity contribution in [3.63, 3.8) is 0 Å². The van der Waals surface area contributed by atoms with Gasteiger partial charge in [-0.1, -0.05) is 43.4 Å². The van der Waals surface area contributed by atoms with Gasteiger partial charge in [-0.2, -0.15) is 0 Å². The van der Waals surface area contributed by atoms with Gasteiger partial charge >= 0.3 is 0 Å². The van der Waals surface area contributed by atoms with E-state index in [1.807, 2.05) is 35.2 Å². The maximum atomic E-state index is 10.9. The van der Waals surface area contributed by atoms with E-state index in [9.17, 15) is 4.79 Å². The number of likely N-dealkylation sites (tertiary alicyclic amines) is 1. The van der Waals surface area contributed by atoms with Crippen molar-refractivity contribution < 1.29 is 9.90 Å². The molecule has 0 saturated carbocycles. The molecule has 3 heteroatoms. The van der Waals surface area contributed by atoms with Gasteiger partial charge in [-0.15, -0.1) is 0 Å². The third-order valence-corrected chi connectivity index (χ3v) is 3.86. The van der Waals surface area contributed by atoms with Crippen LogP contribution in [0.3, 0.4) is 0 Å². The van der Waals surface area contributed by atoms with E-state index in [1.54, 1.807) is 0 Å². The molecule has 1 aromatic carbocycles. The zero-order chi connectivity index (χ0) is 15.3. The summed E-state index contributed by atoms with van der Waals surface area (Å²) in [5.74, 6) is 6.22. The van der Waals surface area contributed by atoms with Crippen LogP contribution in [0.5, 0.6) is 0 Å². The molecule has 0 aromatic heterocycles. The Morgan fingerprint density at radius 3 is 2.90 bits per heavy atom. The Kier molecular flexibility index (Phi) is 4.82. The first-order chi connectivity index (χ1) is 10.0. The number of carbonyl (C=O) groups excluding carboxylic acids is 1. The normalized spacial score (nSPS) is 19.0. The molecule has 0 aliphatic carbocycles. The van der Waals surface area contributed by atoms with Gasteiger partial charge in [0.25, 0.3) is 0 Å². The Morgan fingerprint density at radius 1 is 1.43 bits per heavy atom. The standard InChI is InChI=1S/C18H21NO2/c1-18(2)13-19(14-21)10-9-17(18)8-4-6-15-5-3-7-16(11-15)12-20/h3,5,7-8,11,14,20H,9-10,12-13H2,1-2H3/b17-8+. The van der Waals surface area contributed by atoms with Crippen LogP contribution in [0.2, 0.25) is 0 Å². The van der Waals surface area contributed by atoms with Crippen molar-refractivity contribution >= 4 is 6.41 Å². The third-order valence-electron chi connectivity index (χ3n) is 3.86. The fourth-order valence-electron chi connectivity index (χ4n) is 2.60. The highest BCUT2D eigenvalue weighted by molar-refractivity contribution is 5.49. The Labute approximate surface area is 126 Å². The second-order valence-corrected chi connectivity index (χ2v) is 6.01. The molecule has 21 heavy (non-hydrogen) atoms. The molecule has 1 amide bonds. The Bertz CT molecular complexity index is 605. The van der Waals surface area contributed by atoms with Crippen LogP contribution in [0.1, 0.15) is 31.4 Å². The summed E-state index contributed by atoms with van der Waals surface area (Å²) in [7, 11) is 0. The molecule has 1 heterocycles. The summed E-state index contributed by atoms with van der Waals surface area (Å²) in [6.45, 7) is 5.82. The number of hydrogen-bond donors (Lipinski definition) is 1. The average molecular weight is 283 g/mol. The van der Waals surface area contributed by atoms with Crippen molar-refractivity contribution in [3.8, 4) is 11.8 Å². The molecular formula is C18H21NO2. The molecule has 3 nitrogen and oxygen atoms in total. The highest BCUT2D eigenvalue weighted by atomic mass is 16.3. The van der Waals surface area contributed by atoms with Crippen molar-refractivity contribution in [2.24, 2.45) is 5.41 Å². The van der Waals surface area contributed by atoms with Crippen LogP contribution in [-0.4, -0.2) is 29.5 Å². The topological polar surface area (TPSA) is 40.5 Å². The van der Waals surface area contributed by atoms with E-state index in [-0.39, 0.29) is 12.0 Å². The molecule has 1 saturated heterocycles. The van der Waals surface area contributed by atoms with E-state index in [4.69, 9.17) is 5.11 Å². The molecule has 110 valence electrons. The first-order valence-electron chi connectivity index (χ1n) is 7.15. The third kappa shape index (κ3) is 3.96. The maximum Gasteiger partial charge on any atom is 0.209 e. The van der Waals surface area contributed by atoms with Crippen LogP contribution in [0.15, 0.2) is 35.9 Å². The number of benzene rings is 1. The largest absolute Gasteiger partial charge is 0.392 e. The summed E-state index contributed by atoms with van der Waals surface area (Å²) in [5, 5.41) is 9.11. The summed E-state index contributed by atoms with van der Waals surface area (Å²) in [6.07, 6.45) is 3.77. The molecule has 0 spiro atoms. The number of rotatable bonds is 2. The van der Waals surface area contributed by atoms with Gasteiger partial charge in [0.2, 0.25) is 6.41 Å². The van der Waals surface area contributed by atoms with Crippen molar-refractivity contribution in [2.75, 3.05) is 13.1 Å². The lowest BCUT2D eigenvalue weighted by Crippen LogP contribution is -2.40. The van der Waals surface area contributed by atoms with Gasteiger partial charge in [0.05, 0.1) is 6.61 Å². The Balaban J connectivity index is 2.14. The van der Waals surface area contributed by atoms with Crippen LogP contribution in [-0.2, 0) is 11.4 Å². The Hall–Kier alpha value is -2.05. The van der Waals surface area contributed by atoms with Crippen molar-refractivity contribution in [3.05, 3.63) is 47.0 Å². The molecule has 1 fully saturated rings. The quantitative estimate of drug-likeness (QED) is 0.668. The number of carbonyl (C=O) groups is 1. The van der Waals surface area contributed by atoms with Gasteiger partial charge in [0, 0.05) is 24.1 Å². The van der Waals surface area contributed by atoms with Gasteiger partial charge in [-0.3, -0.25) is 4.79 Å². The molecule has 1 aliphatic heterocycles. The minimum atomic E-state index is -0.0270. The zero-order valence-corrected chi connectivity index (χ0v) is 12.6. The van der Waals surface area contributed by atoms with Crippen LogP contribution in [0.25, 0.3) is 0 Å². The summed E-state index contributed by atoms with van der Waals surface area (Å²) in [5.41, 5.74) is 3.03. The summed E-state index contributed by atoms with van der Waals surface area (Å²) >= 11 is 0. The number of aliphatic hydroxyl groups excluding tert-OH is 1. The molecule has 2 rings (SSSR count). The predicted octanol–water partition coefficient (Wildman–Crippen LogP) is 2.35. The van der Waals surface area contributed by atoms with Gasteiger partial charge in [0.15, 0.2) is 0 Å². The first-order valence-corrected chi connectivity index (χ1v) is 7.15. The maximum absolute atomic E-state index is 10.9. The van der Waals surface area contributed by atoms with Gasteiger partial charge in [-0.05, 0) is 30.2 Å². The number of nitrogens with zero attached hydrogens (tertiary/aromatic N) is 1. The lowest BCUT2D eigenvalue weighted by molar-refractivity contribution is -0.119. The molecule has 0 bridgehead atoms. The van der Waals surface area contributed by atoms with E-state index in [0.29, 0.717) is 0 Å². The van der Waals surface area contributed by atoms with Crippen molar-refractivity contribution in [1.82, 2.24) is 4.90 Å². The number of allylic oxidation sites excluding steroid dienone is 1. The Morgan fingerprint density at radius 2 is 2.24 bits per heavy atom. The molecule has 1 aromatic rings. The second-order valence-electron chi connectivity index (χ2n) is 6.01.